The molecule has 0 radical (unpaired) electrons. The molecule has 1 heterocycles. The number of anilines is 1. The zero-order valence-electron chi connectivity index (χ0n) is 9.58. The van der Waals surface area contributed by atoms with Gasteiger partial charge in [-0.05, 0) is 0 Å². The number of nitrogens with one attached hydrogen (secondary N) is 1. The summed E-state index contributed by atoms with van der Waals surface area (Å²) in [6.45, 7) is 0.123. The SMILES string of the molecule is COC(CNc1cc(Cl)nc(C(F)(F)F)n1)OC. The van der Waals surface area contributed by atoms with Gasteiger partial charge in [-0.15, -0.1) is 0 Å². The Labute approximate surface area is 106 Å². The molecule has 0 amide bonds. The normalized spacial score (nSPS) is 11.9. The van der Waals surface area contributed by atoms with E-state index in [1.54, 1.807) is 0 Å². The van der Waals surface area contributed by atoms with Crippen molar-refractivity contribution in [2.75, 3.05) is 26.1 Å². The van der Waals surface area contributed by atoms with Gasteiger partial charge >= 0.3 is 6.18 Å². The van der Waals surface area contributed by atoms with Crippen molar-refractivity contribution in [3.63, 3.8) is 0 Å². The molecule has 18 heavy (non-hydrogen) atoms. The molecule has 1 rings (SSSR count). The van der Waals surface area contributed by atoms with Crippen molar-refractivity contribution in [2.45, 2.75) is 12.5 Å². The third-order valence-corrected chi connectivity index (χ3v) is 2.12. The van der Waals surface area contributed by atoms with E-state index in [9.17, 15) is 13.2 Å². The van der Waals surface area contributed by atoms with E-state index >= 15 is 0 Å². The van der Waals surface area contributed by atoms with E-state index in [1.807, 2.05) is 0 Å². The van der Waals surface area contributed by atoms with Gasteiger partial charge in [0.25, 0.3) is 0 Å². The Balaban J connectivity index is 2.81. The topological polar surface area (TPSA) is 56.3 Å². The van der Waals surface area contributed by atoms with Gasteiger partial charge in [-0.2, -0.15) is 13.2 Å². The van der Waals surface area contributed by atoms with Crippen LogP contribution in [0.3, 0.4) is 0 Å². The van der Waals surface area contributed by atoms with Crippen molar-refractivity contribution in [2.24, 2.45) is 0 Å². The van der Waals surface area contributed by atoms with E-state index in [1.165, 1.54) is 20.3 Å². The first kappa shape index (κ1) is 14.9. The molecule has 0 fully saturated rings. The lowest BCUT2D eigenvalue weighted by molar-refractivity contribution is -0.144. The van der Waals surface area contributed by atoms with Crippen molar-refractivity contribution >= 4 is 17.4 Å². The Kier molecular flexibility index (Phi) is 5.12. The van der Waals surface area contributed by atoms with Crippen LogP contribution in [0.15, 0.2) is 6.07 Å². The first-order valence-corrected chi connectivity index (χ1v) is 5.16. The van der Waals surface area contributed by atoms with Crippen molar-refractivity contribution < 1.29 is 22.6 Å². The summed E-state index contributed by atoms with van der Waals surface area (Å²) in [5.74, 6) is -1.36. The molecule has 0 atom stereocenters. The van der Waals surface area contributed by atoms with Crippen LogP contribution in [0, 0.1) is 0 Å². The number of ether oxygens (including phenoxy) is 2. The van der Waals surface area contributed by atoms with Gasteiger partial charge in [0.2, 0.25) is 5.82 Å². The minimum absolute atomic E-state index is 0.0542. The second kappa shape index (κ2) is 6.17. The average molecular weight is 286 g/mol. The lowest BCUT2D eigenvalue weighted by Crippen LogP contribution is -2.24. The summed E-state index contributed by atoms with van der Waals surface area (Å²) < 4.78 is 47.0. The maximum absolute atomic E-state index is 12.4. The van der Waals surface area contributed by atoms with Crippen molar-refractivity contribution in [1.82, 2.24) is 9.97 Å². The number of hydrogen-bond donors (Lipinski definition) is 1. The number of nitrogens with zero attached hydrogens (tertiary/aromatic N) is 2. The van der Waals surface area contributed by atoms with E-state index in [-0.39, 0.29) is 17.5 Å². The van der Waals surface area contributed by atoms with Crippen LogP contribution in [-0.2, 0) is 15.7 Å². The molecule has 1 N–H and O–H groups in total. The number of aromatic nitrogens is 2. The molecule has 0 spiro atoms. The van der Waals surface area contributed by atoms with Crippen molar-refractivity contribution in [1.29, 1.82) is 0 Å². The third kappa shape index (κ3) is 4.28. The molecule has 102 valence electrons. The smallest absolute Gasteiger partial charge is 0.365 e. The average Bonchev–Trinajstić information content (AvgIpc) is 2.28. The van der Waals surface area contributed by atoms with Crippen LogP contribution in [0.4, 0.5) is 19.0 Å². The van der Waals surface area contributed by atoms with E-state index in [4.69, 9.17) is 21.1 Å². The van der Waals surface area contributed by atoms with Gasteiger partial charge in [0, 0.05) is 20.3 Å². The maximum Gasteiger partial charge on any atom is 0.451 e. The number of hydrogen-bond acceptors (Lipinski definition) is 5. The van der Waals surface area contributed by atoms with Gasteiger partial charge in [-0.25, -0.2) is 9.97 Å². The molecule has 1 aromatic heterocycles. The second-order valence-electron chi connectivity index (χ2n) is 3.18. The first-order chi connectivity index (χ1) is 8.36. The highest BCUT2D eigenvalue weighted by Gasteiger charge is 2.35. The van der Waals surface area contributed by atoms with Gasteiger partial charge in [-0.3, -0.25) is 0 Å². The molecule has 0 bridgehead atoms. The van der Waals surface area contributed by atoms with Crippen LogP contribution in [-0.4, -0.2) is 37.0 Å². The Morgan fingerprint density at radius 1 is 1.33 bits per heavy atom. The Morgan fingerprint density at radius 3 is 2.44 bits per heavy atom. The van der Waals surface area contributed by atoms with Gasteiger partial charge in [-0.1, -0.05) is 11.6 Å². The first-order valence-electron chi connectivity index (χ1n) is 4.78. The van der Waals surface area contributed by atoms with E-state index < -0.39 is 18.3 Å². The molecular formula is C9H11ClF3N3O2. The second-order valence-corrected chi connectivity index (χ2v) is 3.57. The highest BCUT2D eigenvalue weighted by atomic mass is 35.5. The lowest BCUT2D eigenvalue weighted by Gasteiger charge is -2.15. The number of halogens is 4. The molecule has 0 saturated heterocycles. The van der Waals surface area contributed by atoms with Crippen molar-refractivity contribution in [3.8, 4) is 0 Å². The van der Waals surface area contributed by atoms with E-state index in [2.05, 4.69) is 15.3 Å². The van der Waals surface area contributed by atoms with Crippen LogP contribution in [0.1, 0.15) is 5.82 Å². The van der Waals surface area contributed by atoms with Crippen LogP contribution in [0.25, 0.3) is 0 Å². The summed E-state index contributed by atoms with van der Waals surface area (Å²) in [6.07, 6.45) is -5.25. The number of rotatable bonds is 5. The highest BCUT2D eigenvalue weighted by Crippen LogP contribution is 2.28. The fourth-order valence-corrected chi connectivity index (χ4v) is 1.27. The minimum Gasteiger partial charge on any atom is -0.365 e. The third-order valence-electron chi connectivity index (χ3n) is 1.92. The molecule has 0 aliphatic heterocycles. The fraction of sp³-hybridized carbons (Fsp3) is 0.556. The van der Waals surface area contributed by atoms with Crippen LogP contribution < -0.4 is 5.32 Å². The zero-order valence-corrected chi connectivity index (χ0v) is 10.3. The molecule has 0 aromatic carbocycles. The van der Waals surface area contributed by atoms with Crippen LogP contribution in [0.5, 0.6) is 0 Å². The summed E-state index contributed by atoms with van der Waals surface area (Å²) >= 11 is 5.49. The fourth-order valence-electron chi connectivity index (χ4n) is 1.09. The molecule has 9 heteroatoms. The van der Waals surface area contributed by atoms with E-state index in [0.29, 0.717) is 0 Å². The Hall–Kier alpha value is -1.12. The lowest BCUT2D eigenvalue weighted by atomic mass is 10.5. The molecule has 0 saturated carbocycles. The van der Waals surface area contributed by atoms with Crippen LogP contribution >= 0.6 is 11.6 Å². The summed E-state index contributed by atoms with van der Waals surface area (Å²) in [5, 5.41) is 2.31. The zero-order chi connectivity index (χ0) is 13.8. The summed E-state index contributed by atoms with van der Waals surface area (Å²) in [5.41, 5.74) is 0. The molecule has 1 aromatic rings. The maximum atomic E-state index is 12.4. The van der Waals surface area contributed by atoms with Crippen LogP contribution in [0.2, 0.25) is 5.15 Å². The van der Waals surface area contributed by atoms with Gasteiger partial charge in [0.15, 0.2) is 6.29 Å². The summed E-state index contributed by atoms with van der Waals surface area (Å²) in [6, 6.07) is 1.18. The summed E-state index contributed by atoms with van der Waals surface area (Å²) in [7, 11) is 2.81. The molecule has 0 unspecified atom stereocenters. The largest absolute Gasteiger partial charge is 0.451 e. The molecule has 0 aliphatic carbocycles. The standard InChI is InChI=1S/C9H11ClF3N3O2/c1-17-7(18-2)4-14-6-3-5(10)15-8(16-6)9(11,12)13/h3,7H,4H2,1-2H3,(H,14,15,16). The monoisotopic (exact) mass is 285 g/mol. The quantitative estimate of drug-likeness (QED) is 0.664. The van der Waals surface area contributed by atoms with Gasteiger partial charge in [0.1, 0.15) is 11.0 Å². The number of alkyl halides is 3. The van der Waals surface area contributed by atoms with Gasteiger partial charge < -0.3 is 14.8 Å². The summed E-state index contributed by atoms with van der Waals surface area (Å²) in [4.78, 5) is 6.40. The van der Waals surface area contributed by atoms with E-state index in [0.717, 1.165) is 0 Å². The Bertz CT molecular complexity index is 399. The molecule has 5 nitrogen and oxygen atoms in total. The predicted molar refractivity (Wildman–Crippen MR) is 58.3 cm³/mol. The Morgan fingerprint density at radius 2 is 1.94 bits per heavy atom. The van der Waals surface area contributed by atoms with Gasteiger partial charge in [0.05, 0.1) is 6.54 Å². The predicted octanol–water partition coefficient (Wildman–Crippen LogP) is 2.18. The number of methoxy groups -OCH3 is 2. The molecule has 0 aliphatic rings. The minimum atomic E-state index is -4.65. The molecular weight excluding hydrogens is 275 g/mol. The van der Waals surface area contributed by atoms with Crippen molar-refractivity contribution in [3.05, 3.63) is 17.0 Å². The highest BCUT2D eigenvalue weighted by molar-refractivity contribution is 6.29.